The first-order chi connectivity index (χ1) is 10.5. The third-order valence-electron chi connectivity index (χ3n) is 3.76. The van der Waals surface area contributed by atoms with Crippen LogP contribution in [-0.4, -0.2) is 47.2 Å². The van der Waals surface area contributed by atoms with Gasteiger partial charge >= 0.3 is 0 Å². The van der Waals surface area contributed by atoms with E-state index < -0.39 is 9.84 Å². The highest BCUT2D eigenvalue weighted by molar-refractivity contribution is 7.90. The Hall–Kier alpha value is -2.22. The second kappa shape index (κ2) is 5.53. The summed E-state index contributed by atoms with van der Waals surface area (Å²) in [6, 6.07) is 4.84. The molecule has 1 amide bonds. The molecule has 1 atom stereocenters. The molecule has 2 aromatic rings. The fourth-order valence-corrected chi connectivity index (χ4v) is 3.59. The van der Waals surface area contributed by atoms with Gasteiger partial charge in [0.2, 0.25) is 0 Å². The first-order valence-electron chi connectivity index (χ1n) is 6.94. The number of carbonyl (C=O) groups excluding carboxylic acids is 1. The lowest BCUT2D eigenvalue weighted by atomic mass is 10.1. The molecule has 0 spiro atoms. The maximum absolute atomic E-state index is 12.6. The van der Waals surface area contributed by atoms with Crippen molar-refractivity contribution in [2.75, 3.05) is 12.8 Å². The van der Waals surface area contributed by atoms with E-state index in [4.69, 9.17) is 0 Å². The summed E-state index contributed by atoms with van der Waals surface area (Å²) in [7, 11) is -3.39. The molecule has 1 fully saturated rings. The number of hydrogen-bond acceptors (Lipinski definition) is 5. The molecule has 116 valence electrons. The Kier molecular flexibility index (Phi) is 3.69. The molecule has 1 unspecified atom stereocenters. The van der Waals surface area contributed by atoms with Gasteiger partial charge in [-0.05, 0) is 25.0 Å². The molecule has 8 heteroatoms. The molecule has 1 aliphatic heterocycles. The van der Waals surface area contributed by atoms with E-state index in [-0.39, 0.29) is 16.8 Å². The number of nitrogens with zero attached hydrogens (tertiary/aromatic N) is 3. The number of amides is 1. The van der Waals surface area contributed by atoms with Crippen molar-refractivity contribution in [1.29, 1.82) is 0 Å². The fourth-order valence-electron chi connectivity index (χ4n) is 2.77. The average Bonchev–Trinajstić information content (AvgIpc) is 3.15. The Morgan fingerprint density at radius 1 is 1.41 bits per heavy atom. The lowest BCUT2D eigenvalue weighted by Crippen LogP contribution is -2.31. The zero-order chi connectivity index (χ0) is 15.7. The van der Waals surface area contributed by atoms with Crippen LogP contribution < -0.4 is 0 Å². The van der Waals surface area contributed by atoms with E-state index in [1.807, 2.05) is 0 Å². The molecule has 1 saturated heterocycles. The standard InChI is InChI=1S/C14H16N4O3S/c1-22(20,21)12-9-16-17-13(12)11-6-4-8-18(11)14(19)10-5-2-3-7-15-10/h2-3,5,7,9,11H,4,6,8H2,1H3,(H,16,17). The topological polar surface area (TPSA) is 96.0 Å². The van der Waals surface area contributed by atoms with E-state index in [2.05, 4.69) is 15.2 Å². The number of likely N-dealkylation sites (tertiary alicyclic amines) is 1. The summed E-state index contributed by atoms with van der Waals surface area (Å²) in [4.78, 5) is 18.5. The van der Waals surface area contributed by atoms with Crippen LogP contribution in [0.15, 0.2) is 35.5 Å². The minimum atomic E-state index is -3.39. The van der Waals surface area contributed by atoms with Crippen molar-refractivity contribution in [2.45, 2.75) is 23.8 Å². The molecular formula is C14H16N4O3S. The van der Waals surface area contributed by atoms with Gasteiger partial charge in [0.05, 0.1) is 17.9 Å². The summed E-state index contributed by atoms with van der Waals surface area (Å²) in [6.45, 7) is 0.572. The van der Waals surface area contributed by atoms with Crippen LogP contribution in [0.25, 0.3) is 0 Å². The van der Waals surface area contributed by atoms with Crippen LogP contribution in [0.1, 0.15) is 35.1 Å². The summed E-state index contributed by atoms with van der Waals surface area (Å²) in [5.74, 6) is -0.197. The Morgan fingerprint density at radius 2 is 2.23 bits per heavy atom. The second-order valence-corrected chi connectivity index (χ2v) is 7.28. The Bertz CT molecular complexity index is 785. The summed E-state index contributed by atoms with van der Waals surface area (Å²) < 4.78 is 23.7. The van der Waals surface area contributed by atoms with E-state index in [0.29, 0.717) is 24.4 Å². The van der Waals surface area contributed by atoms with Gasteiger partial charge in [0.25, 0.3) is 5.91 Å². The van der Waals surface area contributed by atoms with E-state index >= 15 is 0 Å². The molecule has 3 rings (SSSR count). The van der Waals surface area contributed by atoms with Gasteiger partial charge in [-0.15, -0.1) is 0 Å². The SMILES string of the molecule is CS(=O)(=O)c1cn[nH]c1C1CCCN1C(=O)c1ccccn1. The van der Waals surface area contributed by atoms with Crippen LogP contribution in [-0.2, 0) is 9.84 Å². The second-order valence-electron chi connectivity index (χ2n) is 5.29. The average molecular weight is 320 g/mol. The van der Waals surface area contributed by atoms with Gasteiger partial charge in [-0.3, -0.25) is 14.9 Å². The smallest absolute Gasteiger partial charge is 0.273 e. The normalized spacial score (nSPS) is 18.6. The molecule has 1 aliphatic rings. The first-order valence-corrected chi connectivity index (χ1v) is 8.83. The number of sulfone groups is 1. The van der Waals surface area contributed by atoms with Crippen molar-refractivity contribution in [2.24, 2.45) is 0 Å². The number of aromatic nitrogens is 3. The molecule has 0 aromatic carbocycles. The van der Waals surface area contributed by atoms with Crippen LogP contribution in [0, 0.1) is 0 Å². The zero-order valence-corrected chi connectivity index (χ0v) is 12.9. The summed E-state index contributed by atoms with van der Waals surface area (Å²) >= 11 is 0. The maximum Gasteiger partial charge on any atom is 0.273 e. The molecular weight excluding hydrogens is 304 g/mol. The van der Waals surface area contributed by atoms with Gasteiger partial charge in [0.1, 0.15) is 10.6 Å². The Morgan fingerprint density at radius 3 is 2.91 bits per heavy atom. The van der Waals surface area contributed by atoms with Crippen LogP contribution in [0.2, 0.25) is 0 Å². The van der Waals surface area contributed by atoms with E-state index in [9.17, 15) is 13.2 Å². The number of carbonyl (C=O) groups is 1. The monoisotopic (exact) mass is 320 g/mol. The fraction of sp³-hybridized carbons (Fsp3) is 0.357. The summed E-state index contributed by atoms with van der Waals surface area (Å²) in [6.07, 6.45) is 5.51. The number of aromatic amines is 1. The largest absolute Gasteiger partial charge is 0.329 e. The van der Waals surface area contributed by atoms with Crippen LogP contribution in [0.3, 0.4) is 0 Å². The Balaban J connectivity index is 1.95. The molecule has 0 radical (unpaired) electrons. The van der Waals surface area contributed by atoms with Gasteiger partial charge < -0.3 is 4.90 Å². The van der Waals surface area contributed by atoms with E-state index in [1.165, 1.54) is 6.20 Å². The zero-order valence-electron chi connectivity index (χ0n) is 12.1. The third kappa shape index (κ3) is 2.61. The molecule has 0 bridgehead atoms. The van der Waals surface area contributed by atoms with Crippen molar-refractivity contribution in [1.82, 2.24) is 20.1 Å². The maximum atomic E-state index is 12.6. The number of hydrogen-bond donors (Lipinski definition) is 1. The number of nitrogens with one attached hydrogen (secondary N) is 1. The lowest BCUT2D eigenvalue weighted by molar-refractivity contribution is 0.0725. The molecule has 2 aromatic heterocycles. The van der Waals surface area contributed by atoms with Gasteiger partial charge in [-0.1, -0.05) is 6.07 Å². The number of H-pyrrole nitrogens is 1. The van der Waals surface area contributed by atoms with Crippen molar-refractivity contribution in [3.63, 3.8) is 0 Å². The van der Waals surface area contributed by atoms with Crippen molar-refractivity contribution >= 4 is 15.7 Å². The van der Waals surface area contributed by atoms with Crippen LogP contribution in [0.5, 0.6) is 0 Å². The van der Waals surface area contributed by atoms with Crippen molar-refractivity contribution < 1.29 is 13.2 Å². The summed E-state index contributed by atoms with van der Waals surface area (Å²) in [5, 5.41) is 6.59. The lowest BCUT2D eigenvalue weighted by Gasteiger charge is -2.24. The molecule has 1 N–H and O–H groups in total. The highest BCUT2D eigenvalue weighted by Gasteiger charge is 2.35. The molecule has 22 heavy (non-hydrogen) atoms. The van der Waals surface area contributed by atoms with Crippen molar-refractivity contribution in [3.05, 3.63) is 42.0 Å². The Labute approximate surface area is 128 Å². The molecule has 0 saturated carbocycles. The van der Waals surface area contributed by atoms with Gasteiger partial charge in [0.15, 0.2) is 9.84 Å². The number of pyridine rings is 1. The quantitative estimate of drug-likeness (QED) is 0.916. The van der Waals surface area contributed by atoms with Crippen molar-refractivity contribution in [3.8, 4) is 0 Å². The van der Waals surface area contributed by atoms with E-state index in [1.54, 1.807) is 29.3 Å². The number of rotatable bonds is 3. The predicted molar refractivity (Wildman–Crippen MR) is 78.9 cm³/mol. The van der Waals surface area contributed by atoms with Crippen LogP contribution >= 0.6 is 0 Å². The van der Waals surface area contributed by atoms with Crippen LogP contribution in [0.4, 0.5) is 0 Å². The van der Waals surface area contributed by atoms with Gasteiger partial charge in [0, 0.05) is 19.0 Å². The first kappa shape index (κ1) is 14.7. The minimum absolute atomic E-state index is 0.151. The highest BCUT2D eigenvalue weighted by atomic mass is 32.2. The summed E-state index contributed by atoms with van der Waals surface area (Å²) in [5.41, 5.74) is 0.833. The molecule has 3 heterocycles. The minimum Gasteiger partial charge on any atom is -0.329 e. The molecule has 0 aliphatic carbocycles. The molecule has 7 nitrogen and oxygen atoms in total. The van der Waals surface area contributed by atoms with Gasteiger partial charge in [-0.2, -0.15) is 5.10 Å². The van der Waals surface area contributed by atoms with E-state index in [0.717, 1.165) is 12.7 Å². The third-order valence-corrected chi connectivity index (χ3v) is 4.89. The highest BCUT2D eigenvalue weighted by Crippen LogP contribution is 2.34. The predicted octanol–water partition coefficient (Wildman–Crippen LogP) is 1.19. The van der Waals surface area contributed by atoms with Gasteiger partial charge in [-0.25, -0.2) is 8.42 Å².